The largest absolute Gasteiger partial charge is 0.296 e. The van der Waals surface area contributed by atoms with E-state index in [1.807, 2.05) is 24.3 Å². The Labute approximate surface area is 202 Å². The summed E-state index contributed by atoms with van der Waals surface area (Å²) in [6.07, 6.45) is 0. The van der Waals surface area contributed by atoms with Gasteiger partial charge in [0.2, 0.25) is 9.47 Å². The monoisotopic (exact) mass is 536 g/mol. The zero-order valence-electron chi connectivity index (χ0n) is 15.6. The molecule has 0 saturated carbocycles. The number of anilines is 1. The van der Waals surface area contributed by atoms with Gasteiger partial charge in [0.15, 0.2) is 0 Å². The summed E-state index contributed by atoms with van der Waals surface area (Å²) in [4.78, 5) is 12.3. The molecule has 0 unspecified atom stereocenters. The smallest absolute Gasteiger partial charge is 0.269 e. The molecule has 0 aliphatic carbocycles. The standard InChI is InChI=1S/C18H15Cl3N4O3S3/c19-12-3-1-11(2-4-12)10-29-8-7-22-31(27,28)18-25-24-17(30-18)23-16(26)14-6-5-13(20)9-15(14)21/h1-6,9,22H,7-8,10H2,(H,23,24,26). The molecule has 0 bridgehead atoms. The Morgan fingerprint density at radius 1 is 1.03 bits per heavy atom. The molecule has 2 aromatic carbocycles. The minimum Gasteiger partial charge on any atom is -0.296 e. The second-order valence-electron chi connectivity index (χ2n) is 6.03. The zero-order valence-corrected chi connectivity index (χ0v) is 20.4. The number of halogens is 3. The lowest BCUT2D eigenvalue weighted by molar-refractivity contribution is 0.102. The molecule has 164 valence electrons. The van der Waals surface area contributed by atoms with E-state index < -0.39 is 15.9 Å². The number of thioether (sulfide) groups is 1. The summed E-state index contributed by atoms with van der Waals surface area (Å²) in [5.74, 6) is 0.758. The van der Waals surface area contributed by atoms with E-state index in [9.17, 15) is 13.2 Å². The highest BCUT2D eigenvalue weighted by Gasteiger charge is 2.21. The van der Waals surface area contributed by atoms with Crippen molar-refractivity contribution in [2.45, 2.75) is 10.1 Å². The van der Waals surface area contributed by atoms with Crippen LogP contribution in [0.15, 0.2) is 46.8 Å². The summed E-state index contributed by atoms with van der Waals surface area (Å²) in [6, 6.07) is 11.9. The highest BCUT2D eigenvalue weighted by atomic mass is 35.5. The Morgan fingerprint density at radius 2 is 1.74 bits per heavy atom. The van der Waals surface area contributed by atoms with Gasteiger partial charge in [-0.2, -0.15) is 11.8 Å². The van der Waals surface area contributed by atoms with Gasteiger partial charge in [0, 0.05) is 28.1 Å². The molecule has 0 spiro atoms. The van der Waals surface area contributed by atoms with Crippen molar-refractivity contribution < 1.29 is 13.2 Å². The van der Waals surface area contributed by atoms with Crippen molar-refractivity contribution in [3.05, 3.63) is 68.7 Å². The van der Waals surface area contributed by atoms with Gasteiger partial charge in [-0.05, 0) is 35.9 Å². The third-order valence-corrected chi connectivity index (χ3v) is 8.25. The van der Waals surface area contributed by atoms with Crippen LogP contribution in [0.5, 0.6) is 0 Å². The van der Waals surface area contributed by atoms with Crippen LogP contribution in [0, 0.1) is 0 Å². The summed E-state index contributed by atoms with van der Waals surface area (Å²) in [5.41, 5.74) is 1.28. The molecule has 0 atom stereocenters. The van der Waals surface area contributed by atoms with Gasteiger partial charge in [0.25, 0.3) is 15.9 Å². The molecule has 1 amide bonds. The number of aromatic nitrogens is 2. The van der Waals surface area contributed by atoms with E-state index in [2.05, 4.69) is 20.2 Å². The van der Waals surface area contributed by atoms with E-state index in [4.69, 9.17) is 34.8 Å². The normalized spacial score (nSPS) is 11.5. The molecule has 3 aromatic rings. The van der Waals surface area contributed by atoms with Crippen molar-refractivity contribution >= 4 is 79.0 Å². The fraction of sp³-hybridized carbons (Fsp3) is 0.167. The van der Waals surface area contributed by atoms with Gasteiger partial charge in [-0.25, -0.2) is 13.1 Å². The number of carbonyl (C=O) groups is 1. The molecule has 0 aliphatic rings. The molecule has 7 nitrogen and oxygen atoms in total. The van der Waals surface area contributed by atoms with Crippen LogP contribution in [0.2, 0.25) is 15.1 Å². The number of nitrogens with zero attached hydrogens (tertiary/aromatic N) is 2. The summed E-state index contributed by atoms with van der Waals surface area (Å²) in [5, 5.41) is 11.1. The lowest BCUT2D eigenvalue weighted by Gasteiger charge is -2.04. The molecule has 3 rings (SSSR count). The molecular weight excluding hydrogens is 523 g/mol. The van der Waals surface area contributed by atoms with Crippen LogP contribution >= 0.6 is 57.9 Å². The Morgan fingerprint density at radius 3 is 2.45 bits per heavy atom. The number of hydrogen-bond donors (Lipinski definition) is 2. The molecule has 31 heavy (non-hydrogen) atoms. The van der Waals surface area contributed by atoms with Gasteiger partial charge in [0.05, 0.1) is 10.6 Å². The predicted octanol–water partition coefficient (Wildman–Crippen LogP) is 4.96. The third-order valence-electron chi connectivity index (χ3n) is 3.75. The number of rotatable bonds is 9. The number of benzene rings is 2. The Hall–Kier alpha value is -1.40. The van der Waals surface area contributed by atoms with Crippen LogP contribution in [-0.4, -0.2) is 36.8 Å². The number of nitrogens with one attached hydrogen (secondary N) is 2. The minimum absolute atomic E-state index is 0.0357. The summed E-state index contributed by atoms with van der Waals surface area (Å²) >= 11 is 20.0. The number of carbonyl (C=O) groups excluding carboxylic acids is 1. The van der Waals surface area contributed by atoms with Gasteiger partial charge in [-0.15, -0.1) is 10.2 Å². The maximum Gasteiger partial charge on any atom is 0.269 e. The van der Waals surface area contributed by atoms with Gasteiger partial charge in [0.1, 0.15) is 0 Å². The van der Waals surface area contributed by atoms with E-state index in [1.165, 1.54) is 18.2 Å². The van der Waals surface area contributed by atoms with Crippen molar-refractivity contribution in [1.82, 2.24) is 14.9 Å². The highest BCUT2D eigenvalue weighted by Crippen LogP contribution is 2.24. The third kappa shape index (κ3) is 7.04. The molecule has 0 saturated heterocycles. The van der Waals surface area contributed by atoms with E-state index in [0.29, 0.717) is 15.8 Å². The first-order chi connectivity index (χ1) is 14.7. The van der Waals surface area contributed by atoms with Crippen LogP contribution in [0.1, 0.15) is 15.9 Å². The van der Waals surface area contributed by atoms with Gasteiger partial charge < -0.3 is 0 Å². The van der Waals surface area contributed by atoms with Crippen LogP contribution in [0.3, 0.4) is 0 Å². The first kappa shape index (κ1) is 24.2. The van der Waals surface area contributed by atoms with E-state index in [0.717, 1.165) is 22.7 Å². The Balaban J connectivity index is 1.50. The maximum atomic E-state index is 12.4. The first-order valence-corrected chi connectivity index (χ1v) is 13.3. The molecule has 1 aromatic heterocycles. The second-order valence-corrected chi connectivity index (χ2v) is 11.3. The number of amides is 1. The van der Waals surface area contributed by atoms with Crippen molar-refractivity contribution in [3.63, 3.8) is 0 Å². The van der Waals surface area contributed by atoms with Crippen LogP contribution in [0.25, 0.3) is 0 Å². The quantitative estimate of drug-likeness (QED) is 0.295. The van der Waals surface area contributed by atoms with Crippen LogP contribution in [-0.2, 0) is 15.8 Å². The van der Waals surface area contributed by atoms with Crippen LogP contribution < -0.4 is 10.0 Å². The van der Waals surface area contributed by atoms with Crippen molar-refractivity contribution in [2.24, 2.45) is 0 Å². The predicted molar refractivity (Wildman–Crippen MR) is 127 cm³/mol. The van der Waals surface area contributed by atoms with Crippen molar-refractivity contribution in [3.8, 4) is 0 Å². The van der Waals surface area contributed by atoms with Crippen molar-refractivity contribution in [2.75, 3.05) is 17.6 Å². The molecule has 13 heteroatoms. The Kier molecular flexibility index (Phi) is 8.57. The summed E-state index contributed by atoms with van der Waals surface area (Å²) < 4.78 is 27.0. The topological polar surface area (TPSA) is 101 Å². The van der Waals surface area contributed by atoms with Crippen molar-refractivity contribution in [1.29, 1.82) is 0 Å². The van der Waals surface area contributed by atoms with Gasteiger partial charge in [-0.1, -0.05) is 58.3 Å². The Bertz CT molecular complexity index is 1170. The average Bonchev–Trinajstić information content (AvgIpc) is 3.18. The summed E-state index contributed by atoms with van der Waals surface area (Å²) in [6.45, 7) is 0.224. The first-order valence-electron chi connectivity index (χ1n) is 8.66. The molecule has 1 heterocycles. The lowest BCUT2D eigenvalue weighted by Crippen LogP contribution is -2.26. The summed E-state index contributed by atoms with van der Waals surface area (Å²) in [7, 11) is -3.84. The molecular formula is C18H15Cl3N4O3S3. The van der Waals surface area contributed by atoms with Gasteiger partial charge in [-0.3, -0.25) is 10.1 Å². The molecule has 0 radical (unpaired) electrons. The molecule has 2 N–H and O–H groups in total. The lowest BCUT2D eigenvalue weighted by atomic mass is 10.2. The van der Waals surface area contributed by atoms with E-state index in [-0.39, 0.29) is 26.6 Å². The van der Waals surface area contributed by atoms with Crippen LogP contribution in [0.4, 0.5) is 5.13 Å². The molecule has 0 aliphatic heterocycles. The van der Waals surface area contributed by atoms with E-state index >= 15 is 0 Å². The van der Waals surface area contributed by atoms with Gasteiger partial charge >= 0.3 is 0 Å². The fourth-order valence-corrected chi connectivity index (χ4v) is 5.82. The second kappa shape index (κ2) is 11.0. The zero-order chi connectivity index (χ0) is 22.4. The van der Waals surface area contributed by atoms with E-state index in [1.54, 1.807) is 11.8 Å². The average molecular weight is 538 g/mol. The number of hydrogen-bond acceptors (Lipinski definition) is 7. The number of sulfonamides is 1. The highest BCUT2D eigenvalue weighted by molar-refractivity contribution is 7.98. The minimum atomic E-state index is -3.84. The fourth-order valence-electron chi connectivity index (χ4n) is 2.29. The SMILES string of the molecule is O=C(Nc1nnc(S(=O)(=O)NCCSCc2ccc(Cl)cc2)s1)c1ccc(Cl)cc1Cl. The maximum absolute atomic E-state index is 12.4. The molecule has 0 fully saturated rings.